The fraction of sp³-hybridized carbons (Fsp3) is 0.0667. The molecule has 0 aliphatic rings. The number of aromatic nitrogens is 1. The number of nitro groups is 1. The average molecular weight is 305 g/mol. The second-order valence-electron chi connectivity index (χ2n) is 4.69. The van der Waals surface area contributed by atoms with Gasteiger partial charge in [-0.1, -0.05) is 23.7 Å². The molecule has 1 heterocycles. The lowest BCUT2D eigenvalue weighted by Crippen LogP contribution is -2.00. The van der Waals surface area contributed by atoms with Crippen molar-refractivity contribution in [3.05, 3.63) is 75.2 Å². The normalized spacial score (nSPS) is 11.0. The number of hydrogen-bond donors (Lipinski definition) is 0. The molecule has 1 aromatic heterocycles. The summed E-state index contributed by atoms with van der Waals surface area (Å²) in [5.74, 6) is -0.827. The summed E-state index contributed by atoms with van der Waals surface area (Å²) in [6.45, 7) is 0.415. The van der Waals surface area contributed by atoms with E-state index in [2.05, 4.69) is 0 Å². The van der Waals surface area contributed by atoms with E-state index in [1.165, 1.54) is 12.1 Å². The Morgan fingerprint density at radius 1 is 1.19 bits per heavy atom. The lowest BCUT2D eigenvalue weighted by molar-refractivity contribution is -0.387. The summed E-state index contributed by atoms with van der Waals surface area (Å²) in [4.78, 5) is 9.88. The number of rotatable bonds is 3. The maximum absolute atomic E-state index is 13.6. The summed E-state index contributed by atoms with van der Waals surface area (Å²) in [7, 11) is 0. The zero-order valence-electron chi connectivity index (χ0n) is 10.8. The Kier molecular flexibility index (Phi) is 3.35. The first-order valence-corrected chi connectivity index (χ1v) is 6.59. The largest absolute Gasteiger partial charge is 0.343 e. The first-order valence-electron chi connectivity index (χ1n) is 6.22. The van der Waals surface area contributed by atoms with Gasteiger partial charge in [-0.05, 0) is 35.2 Å². The third-order valence-corrected chi connectivity index (χ3v) is 3.53. The number of nitro benzene ring substituents is 1. The van der Waals surface area contributed by atoms with Crippen LogP contribution in [0, 0.1) is 15.9 Å². The van der Waals surface area contributed by atoms with Crippen molar-refractivity contribution in [3.63, 3.8) is 0 Å². The molecule has 0 radical (unpaired) electrons. The van der Waals surface area contributed by atoms with Crippen LogP contribution in [0.25, 0.3) is 10.9 Å². The minimum atomic E-state index is -0.827. The van der Waals surface area contributed by atoms with Crippen LogP contribution in [0.15, 0.2) is 48.7 Å². The first kappa shape index (κ1) is 13.6. The van der Waals surface area contributed by atoms with E-state index in [0.717, 1.165) is 10.9 Å². The molecule has 0 saturated carbocycles. The maximum atomic E-state index is 13.6. The second-order valence-corrected chi connectivity index (χ2v) is 5.13. The van der Waals surface area contributed by atoms with Crippen molar-refractivity contribution in [2.24, 2.45) is 0 Å². The molecule has 0 aliphatic heterocycles. The van der Waals surface area contributed by atoms with Crippen molar-refractivity contribution in [2.45, 2.75) is 6.54 Å². The average Bonchev–Trinajstić information content (AvgIpc) is 2.81. The highest BCUT2D eigenvalue weighted by Gasteiger charge is 2.14. The molecule has 3 aromatic rings. The van der Waals surface area contributed by atoms with Crippen LogP contribution in [0.3, 0.4) is 0 Å². The van der Waals surface area contributed by atoms with Gasteiger partial charge in [0.25, 0.3) is 0 Å². The fourth-order valence-electron chi connectivity index (χ4n) is 2.29. The van der Waals surface area contributed by atoms with Crippen LogP contribution in [0.4, 0.5) is 10.1 Å². The minimum Gasteiger partial charge on any atom is -0.343 e. The zero-order chi connectivity index (χ0) is 15.0. The van der Waals surface area contributed by atoms with Crippen LogP contribution < -0.4 is 0 Å². The molecule has 106 valence electrons. The molecule has 0 saturated heterocycles. The smallest absolute Gasteiger partial charge is 0.304 e. The maximum Gasteiger partial charge on any atom is 0.304 e. The minimum absolute atomic E-state index is 0.415. The van der Waals surface area contributed by atoms with E-state index >= 15 is 0 Å². The van der Waals surface area contributed by atoms with E-state index < -0.39 is 16.4 Å². The molecule has 0 fully saturated rings. The van der Waals surface area contributed by atoms with Gasteiger partial charge in [0.05, 0.1) is 4.92 Å². The van der Waals surface area contributed by atoms with E-state index in [9.17, 15) is 14.5 Å². The monoisotopic (exact) mass is 304 g/mol. The van der Waals surface area contributed by atoms with Crippen LogP contribution >= 0.6 is 11.6 Å². The lowest BCUT2D eigenvalue weighted by atomic mass is 10.2. The summed E-state index contributed by atoms with van der Waals surface area (Å²) >= 11 is 5.98. The third-order valence-electron chi connectivity index (χ3n) is 3.30. The van der Waals surface area contributed by atoms with Gasteiger partial charge in [0.15, 0.2) is 0 Å². The first-order chi connectivity index (χ1) is 10.0. The molecule has 0 spiro atoms. The Bertz CT molecular complexity index is 845. The van der Waals surface area contributed by atoms with Crippen LogP contribution in [0.2, 0.25) is 5.02 Å². The summed E-state index contributed by atoms with van der Waals surface area (Å²) in [6, 6.07) is 11.4. The Balaban J connectivity index is 1.97. The second kappa shape index (κ2) is 5.18. The SMILES string of the molecule is O=[N+]([O-])c1ccc(Cn2ccc3ccc(Cl)cc32)cc1F. The van der Waals surface area contributed by atoms with Gasteiger partial charge in [-0.2, -0.15) is 4.39 Å². The van der Waals surface area contributed by atoms with Gasteiger partial charge in [0.2, 0.25) is 5.82 Å². The van der Waals surface area contributed by atoms with Crippen molar-refractivity contribution in [1.29, 1.82) is 0 Å². The molecule has 0 amide bonds. The van der Waals surface area contributed by atoms with Crippen molar-refractivity contribution in [2.75, 3.05) is 0 Å². The lowest BCUT2D eigenvalue weighted by Gasteiger charge is -2.06. The number of hydrogen-bond acceptors (Lipinski definition) is 2. The van der Waals surface area contributed by atoms with Gasteiger partial charge in [0.1, 0.15) is 0 Å². The Hall–Kier alpha value is -2.40. The quantitative estimate of drug-likeness (QED) is 0.532. The molecule has 0 atom stereocenters. The molecule has 0 bridgehead atoms. The zero-order valence-corrected chi connectivity index (χ0v) is 11.5. The predicted molar refractivity (Wildman–Crippen MR) is 79.1 cm³/mol. The van der Waals surface area contributed by atoms with Crippen molar-refractivity contribution in [3.8, 4) is 0 Å². The molecule has 2 aromatic carbocycles. The highest BCUT2D eigenvalue weighted by Crippen LogP contribution is 2.23. The van der Waals surface area contributed by atoms with Gasteiger partial charge >= 0.3 is 5.69 Å². The molecule has 6 heteroatoms. The third kappa shape index (κ3) is 2.60. The molecular formula is C15H10ClFN2O2. The van der Waals surface area contributed by atoms with Crippen LogP contribution in [-0.4, -0.2) is 9.49 Å². The molecule has 21 heavy (non-hydrogen) atoms. The Labute approximate surface area is 124 Å². The molecule has 0 N–H and O–H groups in total. The Morgan fingerprint density at radius 2 is 2.00 bits per heavy atom. The van der Waals surface area contributed by atoms with E-state index in [0.29, 0.717) is 17.1 Å². The van der Waals surface area contributed by atoms with Crippen LogP contribution in [-0.2, 0) is 6.54 Å². The molecule has 0 aliphatic carbocycles. The van der Waals surface area contributed by atoms with Gasteiger partial charge < -0.3 is 4.57 Å². The number of nitrogens with zero attached hydrogens (tertiary/aromatic N) is 2. The molecule has 4 nitrogen and oxygen atoms in total. The van der Waals surface area contributed by atoms with Gasteiger partial charge in [-0.3, -0.25) is 10.1 Å². The number of halogens is 2. The Morgan fingerprint density at radius 3 is 2.71 bits per heavy atom. The van der Waals surface area contributed by atoms with Crippen LogP contribution in [0.5, 0.6) is 0 Å². The van der Waals surface area contributed by atoms with Crippen molar-refractivity contribution in [1.82, 2.24) is 4.57 Å². The van der Waals surface area contributed by atoms with Crippen molar-refractivity contribution >= 4 is 28.2 Å². The summed E-state index contributed by atoms with van der Waals surface area (Å²) < 4.78 is 15.6. The van der Waals surface area contributed by atoms with E-state index in [4.69, 9.17) is 11.6 Å². The van der Waals surface area contributed by atoms with Gasteiger partial charge in [-0.15, -0.1) is 0 Å². The molecule has 3 rings (SSSR count). The highest BCUT2D eigenvalue weighted by atomic mass is 35.5. The van der Waals surface area contributed by atoms with Crippen LogP contribution in [0.1, 0.15) is 5.56 Å². The van der Waals surface area contributed by atoms with E-state index in [-0.39, 0.29) is 0 Å². The highest BCUT2D eigenvalue weighted by molar-refractivity contribution is 6.31. The number of benzene rings is 2. The van der Waals surface area contributed by atoms with Gasteiger partial charge in [0, 0.05) is 29.3 Å². The van der Waals surface area contributed by atoms with E-state index in [1.807, 2.05) is 29.0 Å². The summed E-state index contributed by atoms with van der Waals surface area (Å²) in [6.07, 6.45) is 1.88. The number of fused-ring (bicyclic) bond motifs is 1. The van der Waals surface area contributed by atoms with Crippen molar-refractivity contribution < 1.29 is 9.31 Å². The predicted octanol–water partition coefficient (Wildman–Crippen LogP) is 4.39. The topological polar surface area (TPSA) is 48.1 Å². The van der Waals surface area contributed by atoms with E-state index in [1.54, 1.807) is 12.1 Å². The molecule has 0 unspecified atom stereocenters. The molecular weight excluding hydrogens is 295 g/mol. The standard InChI is InChI=1S/C15H10ClFN2O2/c16-12-3-2-11-5-6-18(15(11)8-12)9-10-1-4-14(19(20)21)13(17)7-10/h1-8H,9H2. The summed E-state index contributed by atoms with van der Waals surface area (Å²) in [5.41, 5.74) is 1.07. The fourth-order valence-corrected chi connectivity index (χ4v) is 2.45. The van der Waals surface area contributed by atoms with Gasteiger partial charge in [-0.25, -0.2) is 0 Å². The summed E-state index contributed by atoms with van der Waals surface area (Å²) in [5, 5.41) is 12.3.